The fraction of sp³-hybridized carbons (Fsp3) is 0.250. The van der Waals surface area contributed by atoms with Gasteiger partial charge in [-0.1, -0.05) is 18.2 Å². The van der Waals surface area contributed by atoms with Crippen LogP contribution in [0.3, 0.4) is 0 Å². The van der Waals surface area contributed by atoms with E-state index >= 15 is 0 Å². The Kier molecular flexibility index (Phi) is 1.37. The SMILES string of the molecule is C[SH]1(=O)NCc2ccccc21. The zero-order chi connectivity index (χ0) is 7.90. The van der Waals surface area contributed by atoms with Crippen LogP contribution in [0.4, 0.5) is 0 Å². The van der Waals surface area contributed by atoms with Gasteiger partial charge in [-0.05, 0) is 21.7 Å². The molecule has 1 aromatic carbocycles. The van der Waals surface area contributed by atoms with E-state index in [1.807, 2.05) is 24.3 Å². The summed E-state index contributed by atoms with van der Waals surface area (Å²) in [4.78, 5) is 1.00. The normalized spacial score (nSPS) is 22.6. The van der Waals surface area contributed by atoms with E-state index in [0.717, 1.165) is 11.4 Å². The van der Waals surface area contributed by atoms with Crippen LogP contribution < -0.4 is 4.72 Å². The molecule has 0 atom stereocenters. The van der Waals surface area contributed by atoms with Crippen molar-refractivity contribution in [2.24, 2.45) is 0 Å². The molecule has 0 radical (unpaired) electrons. The summed E-state index contributed by atoms with van der Waals surface area (Å²) in [5.74, 6) is 0. The third kappa shape index (κ3) is 1.01. The number of rotatable bonds is 0. The minimum Gasteiger partial charge on any atom is -0.267 e. The molecule has 0 saturated heterocycles. The van der Waals surface area contributed by atoms with Gasteiger partial charge in [-0.2, -0.15) is 0 Å². The van der Waals surface area contributed by atoms with Gasteiger partial charge in [0.2, 0.25) is 0 Å². The lowest BCUT2D eigenvalue weighted by Gasteiger charge is -2.11. The first kappa shape index (κ1) is 7.00. The van der Waals surface area contributed by atoms with Crippen LogP contribution in [-0.4, -0.2) is 10.5 Å². The summed E-state index contributed by atoms with van der Waals surface area (Å²) in [6.07, 6.45) is 1.78. The van der Waals surface area contributed by atoms with Crippen molar-refractivity contribution in [3.63, 3.8) is 0 Å². The molecule has 0 amide bonds. The Morgan fingerprint density at radius 3 is 2.91 bits per heavy atom. The lowest BCUT2D eigenvalue weighted by Crippen LogP contribution is -2.21. The van der Waals surface area contributed by atoms with Crippen LogP contribution in [0.2, 0.25) is 0 Å². The summed E-state index contributed by atoms with van der Waals surface area (Å²) in [6, 6.07) is 7.87. The zero-order valence-corrected chi connectivity index (χ0v) is 7.27. The third-order valence-corrected chi connectivity index (χ3v) is 4.14. The molecule has 1 aliphatic heterocycles. The van der Waals surface area contributed by atoms with Gasteiger partial charge in [0.1, 0.15) is 0 Å². The average molecular weight is 169 g/mol. The molecular formula is C8H11NOS. The van der Waals surface area contributed by atoms with Gasteiger partial charge in [0, 0.05) is 17.7 Å². The number of hydrogen-bond acceptors (Lipinski definition) is 1. The van der Waals surface area contributed by atoms with Crippen molar-refractivity contribution < 1.29 is 4.21 Å². The molecule has 0 unspecified atom stereocenters. The third-order valence-electron chi connectivity index (χ3n) is 2.02. The van der Waals surface area contributed by atoms with Gasteiger partial charge in [0.15, 0.2) is 0 Å². The Morgan fingerprint density at radius 1 is 1.45 bits per heavy atom. The van der Waals surface area contributed by atoms with Gasteiger partial charge >= 0.3 is 0 Å². The molecule has 1 aromatic rings. The van der Waals surface area contributed by atoms with Crippen LogP contribution >= 0.6 is 0 Å². The van der Waals surface area contributed by atoms with Crippen LogP contribution in [0.25, 0.3) is 0 Å². The van der Waals surface area contributed by atoms with E-state index in [1.165, 1.54) is 5.56 Å². The molecule has 1 heterocycles. The van der Waals surface area contributed by atoms with Gasteiger partial charge < -0.3 is 0 Å². The molecule has 60 valence electrons. The first-order valence-electron chi connectivity index (χ1n) is 3.61. The maximum Gasteiger partial charge on any atom is 0.0329 e. The molecule has 1 N–H and O–H groups in total. The van der Waals surface area contributed by atoms with Crippen LogP contribution in [0, 0.1) is 0 Å². The second kappa shape index (κ2) is 2.16. The second-order valence-corrected chi connectivity index (χ2v) is 5.53. The topological polar surface area (TPSA) is 29.1 Å². The van der Waals surface area contributed by atoms with Crippen LogP contribution in [0.1, 0.15) is 5.56 Å². The number of nitrogens with one attached hydrogen (secondary N) is 1. The van der Waals surface area contributed by atoms with Gasteiger partial charge in [-0.15, -0.1) is 0 Å². The highest BCUT2D eigenvalue weighted by Crippen LogP contribution is 2.24. The zero-order valence-electron chi connectivity index (χ0n) is 6.37. The molecule has 1 aliphatic rings. The number of benzene rings is 1. The summed E-state index contributed by atoms with van der Waals surface area (Å²) in [5, 5.41) is 0. The molecule has 3 heteroatoms. The average Bonchev–Trinajstić information content (AvgIpc) is 2.29. The first-order chi connectivity index (χ1) is 5.20. The van der Waals surface area contributed by atoms with Crippen LogP contribution in [-0.2, 0) is 16.7 Å². The molecule has 11 heavy (non-hydrogen) atoms. The van der Waals surface area contributed by atoms with E-state index in [9.17, 15) is 4.21 Å². The highest BCUT2D eigenvalue weighted by molar-refractivity contribution is 8.00. The number of fused-ring (bicyclic) bond motifs is 1. The smallest absolute Gasteiger partial charge is 0.0329 e. The molecule has 0 bridgehead atoms. The summed E-state index contributed by atoms with van der Waals surface area (Å²) >= 11 is 0. The van der Waals surface area contributed by atoms with E-state index in [-0.39, 0.29) is 0 Å². The molecule has 0 saturated carbocycles. The molecule has 0 aliphatic carbocycles. The van der Waals surface area contributed by atoms with Gasteiger partial charge in [0.25, 0.3) is 0 Å². The number of hydrogen-bond donors (Lipinski definition) is 2. The highest BCUT2D eigenvalue weighted by atomic mass is 32.3. The summed E-state index contributed by atoms with van der Waals surface area (Å²) in [6.45, 7) is 0.754. The molecule has 0 fully saturated rings. The molecule has 2 nitrogen and oxygen atoms in total. The lowest BCUT2D eigenvalue weighted by molar-refractivity contribution is 0.669. The minimum absolute atomic E-state index is 0.754. The Bertz CT molecular complexity index is 335. The summed E-state index contributed by atoms with van der Waals surface area (Å²) in [5.41, 5.74) is 1.18. The highest BCUT2D eigenvalue weighted by Gasteiger charge is 2.21. The van der Waals surface area contributed by atoms with Crippen molar-refractivity contribution in [2.75, 3.05) is 6.26 Å². The van der Waals surface area contributed by atoms with Crippen molar-refractivity contribution in [2.45, 2.75) is 11.4 Å². The second-order valence-electron chi connectivity index (χ2n) is 2.89. The van der Waals surface area contributed by atoms with E-state index in [0.29, 0.717) is 0 Å². The van der Waals surface area contributed by atoms with E-state index in [1.54, 1.807) is 6.26 Å². The maximum absolute atomic E-state index is 11.7. The van der Waals surface area contributed by atoms with Crippen LogP contribution in [0.5, 0.6) is 0 Å². The standard InChI is InChI=1S/C8H11NOS/c1-11(10)8-5-3-2-4-7(8)6-9-11/h2-5,11H,6H2,1H3,(H,9,10). The van der Waals surface area contributed by atoms with Crippen LogP contribution in [0.15, 0.2) is 29.2 Å². The van der Waals surface area contributed by atoms with E-state index in [4.69, 9.17) is 0 Å². The number of thiol groups is 1. The Labute approximate surface area is 67.2 Å². The Balaban J connectivity index is 2.65. The molecule has 0 spiro atoms. The van der Waals surface area contributed by atoms with E-state index < -0.39 is 10.1 Å². The van der Waals surface area contributed by atoms with Crippen molar-refractivity contribution in [1.29, 1.82) is 0 Å². The molecule has 0 aromatic heterocycles. The summed E-state index contributed by atoms with van der Waals surface area (Å²) < 4.78 is 14.7. The first-order valence-corrected chi connectivity index (χ1v) is 5.77. The van der Waals surface area contributed by atoms with Gasteiger partial charge in [-0.25, -0.2) is 0 Å². The van der Waals surface area contributed by atoms with E-state index in [2.05, 4.69) is 4.72 Å². The molecule has 2 rings (SSSR count). The van der Waals surface area contributed by atoms with Gasteiger partial charge in [0.05, 0.1) is 0 Å². The van der Waals surface area contributed by atoms with Crippen molar-refractivity contribution in [3.05, 3.63) is 29.8 Å². The van der Waals surface area contributed by atoms with Crippen molar-refractivity contribution >= 4 is 10.1 Å². The minimum atomic E-state index is -2.18. The lowest BCUT2D eigenvalue weighted by atomic mass is 10.2. The predicted molar refractivity (Wildman–Crippen MR) is 47.0 cm³/mol. The van der Waals surface area contributed by atoms with Crippen molar-refractivity contribution in [1.82, 2.24) is 4.72 Å². The molecular weight excluding hydrogens is 158 g/mol. The Morgan fingerprint density at radius 2 is 2.18 bits per heavy atom. The maximum atomic E-state index is 11.7. The quantitative estimate of drug-likeness (QED) is 0.550. The van der Waals surface area contributed by atoms with Crippen molar-refractivity contribution in [3.8, 4) is 0 Å². The fourth-order valence-electron chi connectivity index (χ4n) is 1.40. The predicted octanol–water partition coefficient (Wildman–Crippen LogP) is 0.710. The summed E-state index contributed by atoms with van der Waals surface area (Å²) in [7, 11) is -2.18. The monoisotopic (exact) mass is 169 g/mol. The largest absolute Gasteiger partial charge is 0.267 e. The van der Waals surface area contributed by atoms with Gasteiger partial charge in [-0.3, -0.25) is 8.93 Å². The Hall–Kier alpha value is -0.670. The fourth-order valence-corrected chi connectivity index (χ4v) is 3.11.